The van der Waals surface area contributed by atoms with Crippen molar-refractivity contribution in [3.8, 4) is 11.4 Å². The van der Waals surface area contributed by atoms with E-state index in [9.17, 15) is 4.79 Å². The average molecular weight is 359 g/mol. The lowest BCUT2D eigenvalue weighted by Gasteiger charge is -2.05. The highest BCUT2D eigenvalue weighted by Crippen LogP contribution is 2.13. The molecule has 8 heteroatoms. The van der Waals surface area contributed by atoms with Crippen LogP contribution in [0.15, 0.2) is 54.6 Å². The molecule has 0 bridgehead atoms. The van der Waals surface area contributed by atoms with Gasteiger partial charge in [-0.1, -0.05) is 42.5 Å². The van der Waals surface area contributed by atoms with E-state index in [0.717, 1.165) is 23.2 Å². The zero-order valence-electron chi connectivity index (χ0n) is 13.5. The van der Waals surface area contributed by atoms with Crippen LogP contribution in [0.2, 0.25) is 0 Å². The number of carbonyl (C=O) groups is 1. The van der Waals surface area contributed by atoms with Crippen LogP contribution in [0, 0.1) is 0 Å². The summed E-state index contributed by atoms with van der Waals surface area (Å²) in [6, 6.07) is 17.4. The van der Waals surface area contributed by atoms with Crippen molar-refractivity contribution >= 4 is 24.0 Å². The monoisotopic (exact) mass is 358 g/mol. The van der Waals surface area contributed by atoms with E-state index < -0.39 is 0 Å². The van der Waals surface area contributed by atoms with Crippen molar-refractivity contribution in [2.75, 3.05) is 11.9 Å². The number of anilines is 1. The van der Waals surface area contributed by atoms with Gasteiger partial charge in [-0.2, -0.15) is 4.80 Å². The summed E-state index contributed by atoms with van der Waals surface area (Å²) >= 11 is 0. The third-order valence-electron chi connectivity index (χ3n) is 3.51. The molecule has 0 aliphatic carbocycles. The van der Waals surface area contributed by atoms with Crippen molar-refractivity contribution in [2.45, 2.75) is 13.0 Å². The fourth-order valence-corrected chi connectivity index (χ4v) is 2.24. The molecular formula is C17H19ClN6O. The maximum atomic E-state index is 11.2. The molecule has 130 valence electrons. The molecule has 0 saturated heterocycles. The molecule has 0 unspecified atom stereocenters. The largest absolute Gasteiger partial charge is 0.325 e. The summed E-state index contributed by atoms with van der Waals surface area (Å²) in [4.78, 5) is 12.8. The number of nitrogens with two attached hydrogens (primary N) is 1. The van der Waals surface area contributed by atoms with E-state index in [4.69, 9.17) is 5.73 Å². The number of halogens is 1. The van der Waals surface area contributed by atoms with E-state index in [2.05, 4.69) is 20.7 Å². The van der Waals surface area contributed by atoms with Crippen LogP contribution in [0.1, 0.15) is 5.56 Å². The number of rotatable bonds is 6. The van der Waals surface area contributed by atoms with Crippen molar-refractivity contribution in [1.82, 2.24) is 20.2 Å². The summed E-state index contributed by atoms with van der Waals surface area (Å²) in [7, 11) is 0. The second kappa shape index (κ2) is 8.91. The molecule has 25 heavy (non-hydrogen) atoms. The molecule has 3 rings (SSSR count). The predicted molar refractivity (Wildman–Crippen MR) is 98.3 cm³/mol. The van der Waals surface area contributed by atoms with Gasteiger partial charge in [0.15, 0.2) is 0 Å². The molecule has 0 spiro atoms. The van der Waals surface area contributed by atoms with Crippen LogP contribution < -0.4 is 11.1 Å². The first kappa shape index (κ1) is 18.6. The highest BCUT2D eigenvalue weighted by molar-refractivity contribution is 5.92. The smallest absolute Gasteiger partial charge is 0.238 e. The standard InChI is InChI=1S/C17H18N6O.ClH/c18-12-16(24)19-15-8-6-13(7-9-15)10-11-23-21-17(20-22-23)14-4-2-1-3-5-14;/h1-9H,10-12,18H2,(H,19,24);1H. The molecule has 7 nitrogen and oxygen atoms in total. The van der Waals surface area contributed by atoms with E-state index in [1.54, 1.807) is 4.80 Å². The molecule has 0 aliphatic heterocycles. The molecule has 0 fully saturated rings. The molecule has 3 aromatic rings. The quantitative estimate of drug-likeness (QED) is 0.701. The number of nitrogens with zero attached hydrogens (tertiary/aromatic N) is 4. The lowest BCUT2D eigenvalue weighted by molar-refractivity contribution is -0.114. The summed E-state index contributed by atoms with van der Waals surface area (Å²) in [5.41, 5.74) is 8.08. The highest BCUT2D eigenvalue weighted by atomic mass is 35.5. The zero-order valence-corrected chi connectivity index (χ0v) is 14.3. The van der Waals surface area contributed by atoms with Crippen molar-refractivity contribution in [3.63, 3.8) is 0 Å². The fourth-order valence-electron chi connectivity index (χ4n) is 2.24. The van der Waals surface area contributed by atoms with Gasteiger partial charge >= 0.3 is 0 Å². The molecule has 2 aromatic carbocycles. The number of benzene rings is 2. The number of aryl methyl sites for hydroxylation is 2. The van der Waals surface area contributed by atoms with Gasteiger partial charge in [0.25, 0.3) is 0 Å². The van der Waals surface area contributed by atoms with Crippen molar-refractivity contribution in [1.29, 1.82) is 0 Å². The van der Waals surface area contributed by atoms with Gasteiger partial charge in [-0.05, 0) is 29.3 Å². The number of amides is 1. The molecule has 0 atom stereocenters. The molecule has 1 heterocycles. The number of aromatic nitrogens is 4. The first-order valence-corrected chi connectivity index (χ1v) is 7.66. The third kappa shape index (κ3) is 5.10. The number of nitrogens with one attached hydrogen (secondary N) is 1. The van der Waals surface area contributed by atoms with Crippen molar-refractivity contribution < 1.29 is 4.79 Å². The Hall–Kier alpha value is -2.77. The SMILES string of the molecule is Cl.NCC(=O)Nc1ccc(CCn2nnc(-c3ccccc3)n2)cc1. The number of carbonyl (C=O) groups excluding carboxylic acids is 1. The first-order valence-electron chi connectivity index (χ1n) is 7.66. The lowest BCUT2D eigenvalue weighted by atomic mass is 10.1. The maximum Gasteiger partial charge on any atom is 0.238 e. The zero-order chi connectivity index (χ0) is 16.8. The minimum Gasteiger partial charge on any atom is -0.325 e. The lowest BCUT2D eigenvalue weighted by Crippen LogP contribution is -2.21. The Labute approximate surface area is 151 Å². The summed E-state index contributed by atoms with van der Waals surface area (Å²) in [5, 5.41) is 15.3. The summed E-state index contributed by atoms with van der Waals surface area (Å²) in [5.74, 6) is 0.415. The van der Waals surface area contributed by atoms with Gasteiger partial charge in [-0.15, -0.1) is 22.6 Å². The Morgan fingerprint density at radius 3 is 2.48 bits per heavy atom. The molecule has 1 amide bonds. The highest BCUT2D eigenvalue weighted by Gasteiger charge is 2.05. The number of tetrazole rings is 1. The second-order valence-corrected chi connectivity index (χ2v) is 5.27. The van der Waals surface area contributed by atoms with Gasteiger partial charge in [0.05, 0.1) is 13.1 Å². The second-order valence-electron chi connectivity index (χ2n) is 5.27. The topological polar surface area (TPSA) is 98.7 Å². The van der Waals surface area contributed by atoms with Crippen LogP contribution >= 0.6 is 12.4 Å². The van der Waals surface area contributed by atoms with Crippen LogP contribution in [0.5, 0.6) is 0 Å². The Morgan fingerprint density at radius 2 is 1.80 bits per heavy atom. The van der Waals surface area contributed by atoms with Gasteiger partial charge in [0.2, 0.25) is 11.7 Å². The molecular weight excluding hydrogens is 340 g/mol. The first-order chi connectivity index (χ1) is 11.7. The molecule has 0 aliphatic rings. The third-order valence-corrected chi connectivity index (χ3v) is 3.51. The Balaban J connectivity index is 0.00000225. The van der Waals surface area contributed by atoms with Crippen molar-refractivity contribution in [2.24, 2.45) is 5.73 Å². The Morgan fingerprint density at radius 1 is 1.08 bits per heavy atom. The van der Waals surface area contributed by atoms with E-state index in [1.165, 1.54) is 0 Å². The van der Waals surface area contributed by atoms with Crippen molar-refractivity contribution in [3.05, 3.63) is 60.2 Å². The normalized spacial score (nSPS) is 10.1. The molecule has 3 N–H and O–H groups in total. The van der Waals surface area contributed by atoms with Crippen LogP contribution in [0.4, 0.5) is 5.69 Å². The van der Waals surface area contributed by atoms with Crippen LogP contribution in [-0.2, 0) is 17.8 Å². The summed E-state index contributed by atoms with van der Waals surface area (Å²) < 4.78 is 0. The Bertz CT molecular complexity index is 804. The van der Waals surface area contributed by atoms with Crippen LogP contribution in [-0.4, -0.2) is 32.7 Å². The maximum absolute atomic E-state index is 11.2. The van der Waals surface area contributed by atoms with Gasteiger partial charge in [-0.25, -0.2) is 0 Å². The van der Waals surface area contributed by atoms with Gasteiger partial charge in [0, 0.05) is 11.3 Å². The van der Waals surface area contributed by atoms with E-state index in [0.29, 0.717) is 12.4 Å². The molecule has 0 radical (unpaired) electrons. The predicted octanol–water partition coefficient (Wildman–Crippen LogP) is 1.90. The average Bonchev–Trinajstić information content (AvgIpc) is 3.11. The number of hydrogen-bond acceptors (Lipinski definition) is 5. The fraction of sp³-hybridized carbons (Fsp3) is 0.176. The van der Waals surface area contributed by atoms with E-state index in [1.807, 2.05) is 54.6 Å². The Kier molecular flexibility index (Phi) is 6.62. The van der Waals surface area contributed by atoms with Gasteiger partial charge < -0.3 is 11.1 Å². The summed E-state index contributed by atoms with van der Waals surface area (Å²) in [6.45, 7) is 0.609. The van der Waals surface area contributed by atoms with Crippen LogP contribution in [0.3, 0.4) is 0 Å². The minimum atomic E-state index is -0.206. The van der Waals surface area contributed by atoms with Gasteiger partial charge in [0.1, 0.15) is 0 Å². The van der Waals surface area contributed by atoms with Gasteiger partial charge in [-0.3, -0.25) is 4.79 Å². The molecule has 0 saturated carbocycles. The number of hydrogen-bond donors (Lipinski definition) is 2. The van der Waals surface area contributed by atoms with E-state index in [-0.39, 0.29) is 24.9 Å². The minimum absolute atomic E-state index is 0. The van der Waals surface area contributed by atoms with E-state index >= 15 is 0 Å². The van der Waals surface area contributed by atoms with Crippen LogP contribution in [0.25, 0.3) is 11.4 Å². The molecule has 1 aromatic heterocycles. The summed E-state index contributed by atoms with van der Waals surface area (Å²) in [6.07, 6.45) is 0.774.